The van der Waals surface area contributed by atoms with Crippen LogP contribution in [0.2, 0.25) is 0 Å². The minimum Gasteiger partial charge on any atom is -0.315 e. The van der Waals surface area contributed by atoms with Gasteiger partial charge in [0.25, 0.3) is 0 Å². The summed E-state index contributed by atoms with van der Waals surface area (Å²) in [5.41, 5.74) is 3.20. The lowest BCUT2D eigenvalue weighted by Gasteiger charge is -2.39. The number of ketones is 3. The Labute approximate surface area is 82.8 Å². The standard InChI is InChI=1S/C10H15NO3/c1-9(2)6(12)5(11)7(13)10(3,4)8(9)14/h5H,11H2,1-4H3. The molecule has 1 aliphatic carbocycles. The van der Waals surface area contributed by atoms with Crippen molar-refractivity contribution in [2.24, 2.45) is 16.6 Å². The number of rotatable bonds is 0. The average Bonchev–Trinajstić information content (AvgIpc) is 2.11. The van der Waals surface area contributed by atoms with Crippen LogP contribution in [0.3, 0.4) is 0 Å². The molecule has 0 aromatic heterocycles. The largest absolute Gasteiger partial charge is 0.315 e. The fourth-order valence-electron chi connectivity index (χ4n) is 1.90. The third-order valence-corrected chi connectivity index (χ3v) is 2.93. The van der Waals surface area contributed by atoms with Gasteiger partial charge in [-0.1, -0.05) is 0 Å². The number of Topliss-reactive ketones (excluding diaryl/α,β-unsaturated/α-hetero) is 3. The number of carbonyl (C=O) groups excluding carboxylic acids is 3. The van der Waals surface area contributed by atoms with E-state index in [4.69, 9.17) is 5.73 Å². The summed E-state index contributed by atoms with van der Waals surface area (Å²) in [6.07, 6.45) is 0. The fourth-order valence-corrected chi connectivity index (χ4v) is 1.90. The second-order valence-electron chi connectivity index (χ2n) is 4.79. The Hall–Kier alpha value is -1.03. The van der Waals surface area contributed by atoms with Gasteiger partial charge in [0.2, 0.25) is 0 Å². The van der Waals surface area contributed by atoms with Crippen molar-refractivity contribution in [2.45, 2.75) is 33.7 Å². The third kappa shape index (κ3) is 1.14. The Bertz CT molecular complexity index is 298. The van der Waals surface area contributed by atoms with E-state index in [9.17, 15) is 14.4 Å². The molecular weight excluding hydrogens is 182 g/mol. The lowest BCUT2D eigenvalue weighted by molar-refractivity contribution is -0.156. The van der Waals surface area contributed by atoms with E-state index in [2.05, 4.69) is 0 Å². The van der Waals surface area contributed by atoms with Gasteiger partial charge in [-0.05, 0) is 27.7 Å². The van der Waals surface area contributed by atoms with Crippen LogP contribution in [0.4, 0.5) is 0 Å². The van der Waals surface area contributed by atoms with E-state index in [1.54, 1.807) is 0 Å². The highest BCUT2D eigenvalue weighted by Gasteiger charge is 2.56. The van der Waals surface area contributed by atoms with Gasteiger partial charge in [-0.25, -0.2) is 0 Å². The van der Waals surface area contributed by atoms with Gasteiger partial charge in [0.05, 0.1) is 10.8 Å². The molecule has 0 aliphatic heterocycles. The first-order valence-electron chi connectivity index (χ1n) is 4.52. The molecule has 0 bridgehead atoms. The molecule has 0 atom stereocenters. The SMILES string of the molecule is CC1(C)C(=O)C(N)C(=O)C(C)(C)C1=O. The smallest absolute Gasteiger partial charge is 0.170 e. The third-order valence-electron chi connectivity index (χ3n) is 2.93. The van der Waals surface area contributed by atoms with Crippen LogP contribution in [0, 0.1) is 10.8 Å². The van der Waals surface area contributed by atoms with Crippen LogP contribution < -0.4 is 5.73 Å². The second kappa shape index (κ2) is 2.73. The lowest BCUT2D eigenvalue weighted by Crippen LogP contribution is -2.62. The first kappa shape index (κ1) is 11.0. The van der Waals surface area contributed by atoms with Gasteiger partial charge in [0.15, 0.2) is 17.3 Å². The zero-order chi connectivity index (χ0) is 11.3. The topological polar surface area (TPSA) is 77.2 Å². The van der Waals surface area contributed by atoms with Crippen LogP contribution in [-0.2, 0) is 14.4 Å². The van der Waals surface area contributed by atoms with E-state index in [-0.39, 0.29) is 5.78 Å². The molecule has 0 spiro atoms. The summed E-state index contributed by atoms with van der Waals surface area (Å²) < 4.78 is 0. The van der Waals surface area contributed by atoms with E-state index in [1.165, 1.54) is 27.7 Å². The van der Waals surface area contributed by atoms with Crippen LogP contribution >= 0.6 is 0 Å². The van der Waals surface area contributed by atoms with Crippen LogP contribution in [0.25, 0.3) is 0 Å². The summed E-state index contributed by atoms with van der Waals surface area (Å²) in [6.45, 7) is 6.08. The van der Waals surface area contributed by atoms with Crippen molar-refractivity contribution in [1.82, 2.24) is 0 Å². The summed E-state index contributed by atoms with van der Waals surface area (Å²) in [5, 5.41) is 0. The summed E-state index contributed by atoms with van der Waals surface area (Å²) >= 11 is 0. The van der Waals surface area contributed by atoms with Gasteiger partial charge in [-0.3, -0.25) is 14.4 Å². The van der Waals surface area contributed by atoms with Crippen molar-refractivity contribution in [3.05, 3.63) is 0 Å². The number of hydrogen-bond donors (Lipinski definition) is 1. The molecule has 0 aromatic rings. The Morgan fingerprint density at radius 2 is 1.21 bits per heavy atom. The Kier molecular flexibility index (Phi) is 2.15. The van der Waals surface area contributed by atoms with E-state index >= 15 is 0 Å². The maximum absolute atomic E-state index is 11.8. The van der Waals surface area contributed by atoms with Crippen molar-refractivity contribution in [3.63, 3.8) is 0 Å². The van der Waals surface area contributed by atoms with E-state index < -0.39 is 28.4 Å². The van der Waals surface area contributed by atoms with Gasteiger partial charge >= 0.3 is 0 Å². The number of nitrogens with two attached hydrogens (primary N) is 1. The van der Waals surface area contributed by atoms with Gasteiger partial charge in [-0.2, -0.15) is 0 Å². The molecule has 0 heterocycles. The Morgan fingerprint density at radius 3 is 1.50 bits per heavy atom. The van der Waals surface area contributed by atoms with Crippen LogP contribution in [0.1, 0.15) is 27.7 Å². The van der Waals surface area contributed by atoms with E-state index in [1.807, 2.05) is 0 Å². The van der Waals surface area contributed by atoms with Crippen molar-refractivity contribution < 1.29 is 14.4 Å². The monoisotopic (exact) mass is 197 g/mol. The molecule has 1 fully saturated rings. The molecule has 0 radical (unpaired) electrons. The van der Waals surface area contributed by atoms with Crippen molar-refractivity contribution in [1.29, 1.82) is 0 Å². The van der Waals surface area contributed by atoms with E-state index in [0.717, 1.165) is 0 Å². The highest BCUT2D eigenvalue weighted by molar-refractivity contribution is 6.30. The maximum atomic E-state index is 11.8. The second-order valence-corrected chi connectivity index (χ2v) is 4.79. The molecule has 0 saturated heterocycles. The minimum absolute atomic E-state index is 0.346. The quantitative estimate of drug-likeness (QED) is 0.558. The summed E-state index contributed by atoms with van der Waals surface area (Å²) in [7, 11) is 0. The molecule has 0 aromatic carbocycles. The molecule has 1 aliphatic rings. The first-order valence-corrected chi connectivity index (χ1v) is 4.52. The number of hydrogen-bond acceptors (Lipinski definition) is 4. The highest BCUT2D eigenvalue weighted by Crippen LogP contribution is 2.37. The van der Waals surface area contributed by atoms with Gasteiger partial charge in [0.1, 0.15) is 6.04 Å². The average molecular weight is 197 g/mol. The van der Waals surface area contributed by atoms with Crippen LogP contribution in [0.15, 0.2) is 0 Å². The normalized spacial score (nSPS) is 26.8. The van der Waals surface area contributed by atoms with Crippen molar-refractivity contribution >= 4 is 17.3 Å². The molecule has 0 amide bonds. The predicted molar refractivity (Wildman–Crippen MR) is 50.6 cm³/mol. The fraction of sp³-hybridized carbons (Fsp3) is 0.700. The van der Waals surface area contributed by atoms with Gasteiger partial charge < -0.3 is 5.73 Å². The molecule has 78 valence electrons. The van der Waals surface area contributed by atoms with Gasteiger partial charge in [0, 0.05) is 0 Å². The molecule has 14 heavy (non-hydrogen) atoms. The molecule has 1 rings (SSSR count). The summed E-state index contributed by atoms with van der Waals surface area (Å²) in [4.78, 5) is 35.0. The zero-order valence-electron chi connectivity index (χ0n) is 8.88. The molecule has 4 nitrogen and oxygen atoms in total. The van der Waals surface area contributed by atoms with Crippen molar-refractivity contribution in [2.75, 3.05) is 0 Å². The number of carbonyl (C=O) groups is 3. The zero-order valence-corrected chi connectivity index (χ0v) is 8.88. The molecule has 2 N–H and O–H groups in total. The van der Waals surface area contributed by atoms with E-state index in [0.29, 0.717) is 0 Å². The highest BCUT2D eigenvalue weighted by atomic mass is 16.2. The van der Waals surface area contributed by atoms with Crippen LogP contribution in [-0.4, -0.2) is 23.4 Å². The lowest BCUT2D eigenvalue weighted by atomic mass is 9.61. The molecule has 4 heteroatoms. The van der Waals surface area contributed by atoms with Gasteiger partial charge in [-0.15, -0.1) is 0 Å². The Morgan fingerprint density at radius 1 is 0.929 bits per heavy atom. The summed E-state index contributed by atoms with van der Waals surface area (Å²) in [6, 6.07) is -1.15. The minimum atomic E-state index is -1.15. The first-order chi connectivity index (χ1) is 6.13. The van der Waals surface area contributed by atoms with Crippen molar-refractivity contribution in [3.8, 4) is 0 Å². The van der Waals surface area contributed by atoms with Crippen LogP contribution in [0.5, 0.6) is 0 Å². The molecular formula is C10H15NO3. The Balaban J connectivity index is 3.30. The molecule has 1 saturated carbocycles. The predicted octanol–water partition coefficient (Wildman–Crippen LogP) is 0.0870. The maximum Gasteiger partial charge on any atom is 0.170 e. The molecule has 0 unspecified atom stereocenters. The summed E-state index contributed by atoms with van der Waals surface area (Å²) in [5.74, 6) is -1.31.